The van der Waals surface area contributed by atoms with Crippen molar-refractivity contribution in [2.24, 2.45) is 0 Å². The van der Waals surface area contributed by atoms with Crippen molar-refractivity contribution in [2.75, 3.05) is 18.2 Å². The number of fused-ring (bicyclic) bond motifs is 2. The molecule has 1 aromatic carbocycles. The smallest absolute Gasteiger partial charge is 0.214 e. The van der Waals surface area contributed by atoms with Crippen LogP contribution in [0.1, 0.15) is 19.3 Å². The van der Waals surface area contributed by atoms with Crippen molar-refractivity contribution < 1.29 is 13.9 Å². The first-order chi connectivity index (χ1) is 15.9. The van der Waals surface area contributed by atoms with Crippen molar-refractivity contribution in [1.29, 1.82) is 0 Å². The highest BCUT2D eigenvalue weighted by Crippen LogP contribution is 2.35. The predicted molar refractivity (Wildman–Crippen MR) is 124 cm³/mol. The molecule has 172 valence electrons. The number of hydrogen-bond acceptors (Lipinski definition) is 8. The number of phenolic OH excluding ortho intramolecular Hbond substituents is 1. The molecule has 0 saturated carbocycles. The van der Waals surface area contributed by atoms with E-state index in [-0.39, 0.29) is 23.7 Å². The molecule has 3 aromatic rings. The molecule has 2 aliphatic heterocycles. The topological polar surface area (TPSA) is 87.1 Å². The lowest BCUT2D eigenvalue weighted by Gasteiger charge is -2.38. The van der Waals surface area contributed by atoms with E-state index in [0.29, 0.717) is 40.0 Å². The van der Waals surface area contributed by atoms with E-state index in [4.69, 9.17) is 0 Å². The average Bonchev–Trinajstić information content (AvgIpc) is 3.24. The molecule has 10 heteroatoms. The zero-order valence-corrected chi connectivity index (χ0v) is 19.1. The van der Waals surface area contributed by atoms with Gasteiger partial charge >= 0.3 is 0 Å². The van der Waals surface area contributed by atoms with E-state index < -0.39 is 12.1 Å². The summed E-state index contributed by atoms with van der Waals surface area (Å²) in [6.45, 7) is 0. The number of rotatable bonds is 5. The van der Waals surface area contributed by atoms with Crippen molar-refractivity contribution in [3.8, 4) is 28.3 Å². The van der Waals surface area contributed by atoms with E-state index in [2.05, 4.69) is 25.5 Å². The molecule has 0 aliphatic carbocycles. The normalized spacial score (nSPS) is 24.1. The Morgan fingerprint density at radius 3 is 2.73 bits per heavy atom. The molecule has 2 aliphatic rings. The second kappa shape index (κ2) is 8.83. The van der Waals surface area contributed by atoms with Crippen molar-refractivity contribution >= 4 is 17.6 Å². The lowest BCUT2D eigenvalue weighted by Crippen LogP contribution is -2.55. The highest BCUT2D eigenvalue weighted by Gasteiger charge is 2.43. The van der Waals surface area contributed by atoms with Gasteiger partial charge in [-0.05, 0) is 54.8 Å². The number of anilines is 1. The molecule has 33 heavy (non-hydrogen) atoms. The Kier molecular flexibility index (Phi) is 5.88. The number of aromatic hydroxyl groups is 1. The fourth-order valence-electron chi connectivity index (χ4n) is 4.72. The minimum absolute atomic E-state index is 0.0444. The van der Waals surface area contributed by atoms with Crippen LogP contribution in [0.2, 0.25) is 0 Å². The first-order valence-electron chi connectivity index (χ1n) is 10.8. The molecule has 0 unspecified atom stereocenters. The number of thioether (sulfide) groups is 1. The molecule has 2 aromatic heterocycles. The number of piperidine rings is 1. The van der Waals surface area contributed by atoms with Gasteiger partial charge in [-0.25, -0.2) is 14.4 Å². The Balaban J connectivity index is 1.36. The number of nitrogens with zero attached hydrogens (tertiary/aromatic N) is 5. The number of phenols is 1. The third-order valence-electron chi connectivity index (χ3n) is 6.51. The third kappa shape index (κ3) is 4.24. The minimum atomic E-state index is -0.975. The van der Waals surface area contributed by atoms with Gasteiger partial charge in [0, 0.05) is 25.2 Å². The minimum Gasteiger partial charge on any atom is -0.507 e. The Labute approximate surface area is 194 Å². The SMILES string of the molecule is CSc1cc(-c2ccc(-c3ncc(N(C)[C@@H]4C[C@@H]5CC[C@@H](N5)[C@@H]4F)nn3)c(O)c2)cc(F)n1. The summed E-state index contributed by atoms with van der Waals surface area (Å²) < 4.78 is 28.7. The summed E-state index contributed by atoms with van der Waals surface area (Å²) in [6, 6.07) is 8.01. The van der Waals surface area contributed by atoms with Gasteiger partial charge in [-0.15, -0.1) is 22.0 Å². The van der Waals surface area contributed by atoms with Gasteiger partial charge in [0.2, 0.25) is 5.95 Å². The van der Waals surface area contributed by atoms with Crippen molar-refractivity contribution in [3.63, 3.8) is 0 Å². The summed E-state index contributed by atoms with van der Waals surface area (Å²) in [7, 11) is 1.82. The van der Waals surface area contributed by atoms with Crippen LogP contribution >= 0.6 is 11.8 Å². The highest BCUT2D eigenvalue weighted by atomic mass is 32.2. The maximum absolute atomic E-state index is 14.9. The predicted octanol–water partition coefficient (Wildman–Crippen LogP) is 3.83. The maximum Gasteiger partial charge on any atom is 0.214 e. The molecule has 5 rings (SSSR count). The van der Waals surface area contributed by atoms with Crippen LogP contribution in [-0.4, -0.2) is 62.9 Å². The number of nitrogens with one attached hydrogen (secondary N) is 1. The quantitative estimate of drug-likeness (QED) is 0.430. The van der Waals surface area contributed by atoms with E-state index in [9.17, 15) is 13.9 Å². The summed E-state index contributed by atoms with van der Waals surface area (Å²) in [4.78, 5) is 9.98. The number of alkyl halides is 1. The maximum atomic E-state index is 14.9. The summed E-state index contributed by atoms with van der Waals surface area (Å²) in [5.74, 6) is 0.117. The number of halogens is 2. The zero-order valence-electron chi connectivity index (χ0n) is 18.2. The summed E-state index contributed by atoms with van der Waals surface area (Å²) in [6.07, 6.45) is 4.97. The number of benzene rings is 1. The van der Waals surface area contributed by atoms with Gasteiger partial charge < -0.3 is 15.3 Å². The lowest BCUT2D eigenvalue weighted by atomic mass is 9.96. The van der Waals surface area contributed by atoms with E-state index in [0.717, 1.165) is 12.8 Å². The largest absolute Gasteiger partial charge is 0.507 e. The van der Waals surface area contributed by atoms with Crippen LogP contribution in [0.15, 0.2) is 41.6 Å². The molecule has 7 nitrogen and oxygen atoms in total. The fourth-order valence-corrected chi connectivity index (χ4v) is 5.14. The van der Waals surface area contributed by atoms with Gasteiger partial charge in [0.05, 0.1) is 22.8 Å². The first kappa shape index (κ1) is 22.0. The van der Waals surface area contributed by atoms with E-state index in [1.54, 1.807) is 24.4 Å². The fraction of sp³-hybridized carbons (Fsp3) is 0.391. The van der Waals surface area contributed by atoms with Crippen LogP contribution in [0.5, 0.6) is 5.75 Å². The van der Waals surface area contributed by atoms with Gasteiger partial charge in [-0.3, -0.25) is 0 Å². The molecule has 4 atom stereocenters. The van der Waals surface area contributed by atoms with Gasteiger partial charge in [0.15, 0.2) is 11.6 Å². The third-order valence-corrected chi connectivity index (χ3v) is 7.14. The second-order valence-electron chi connectivity index (χ2n) is 8.50. The highest BCUT2D eigenvalue weighted by molar-refractivity contribution is 7.98. The second-order valence-corrected chi connectivity index (χ2v) is 9.33. The number of pyridine rings is 1. The number of hydrogen-bond donors (Lipinski definition) is 2. The van der Waals surface area contributed by atoms with E-state index in [1.807, 2.05) is 18.2 Å². The molecule has 2 N–H and O–H groups in total. The molecule has 0 amide bonds. The summed E-state index contributed by atoms with van der Waals surface area (Å²) in [5, 5.41) is 22.9. The summed E-state index contributed by atoms with van der Waals surface area (Å²) in [5.41, 5.74) is 1.66. The summed E-state index contributed by atoms with van der Waals surface area (Å²) >= 11 is 1.34. The zero-order chi connectivity index (χ0) is 23.1. The molecule has 2 saturated heterocycles. The van der Waals surface area contributed by atoms with Crippen LogP contribution in [0, 0.1) is 5.95 Å². The molecule has 0 spiro atoms. The standard InChI is InChI=1S/C23H24F2N6OS/c1-31(17-10-14-4-6-16(27-14)22(17)25)20-11-26-23(30-29-20)15-5-3-12(7-18(15)32)13-8-19(24)28-21(9-13)33-2/h3,5,7-9,11,14,16-17,22,27,32H,4,6,10H2,1-2H3/t14-,16+,17+,22-/m0/s1. The monoisotopic (exact) mass is 470 g/mol. The van der Waals surface area contributed by atoms with Crippen LogP contribution < -0.4 is 10.2 Å². The van der Waals surface area contributed by atoms with Crippen LogP contribution in [0.25, 0.3) is 22.5 Å². The van der Waals surface area contributed by atoms with Crippen LogP contribution in [-0.2, 0) is 0 Å². The molecule has 2 bridgehead atoms. The molecule has 2 fully saturated rings. The van der Waals surface area contributed by atoms with Crippen molar-refractivity contribution in [3.05, 3.63) is 42.5 Å². The van der Waals surface area contributed by atoms with Gasteiger partial charge in [-0.2, -0.15) is 4.39 Å². The number of aromatic nitrogens is 4. The Morgan fingerprint density at radius 2 is 2.00 bits per heavy atom. The van der Waals surface area contributed by atoms with Gasteiger partial charge in [0.25, 0.3) is 0 Å². The molecule has 4 heterocycles. The lowest BCUT2D eigenvalue weighted by molar-refractivity contribution is 0.176. The molecular weight excluding hydrogens is 446 g/mol. The molecular formula is C23H24F2N6OS. The van der Waals surface area contributed by atoms with Gasteiger partial charge in [0.1, 0.15) is 11.9 Å². The average molecular weight is 471 g/mol. The van der Waals surface area contributed by atoms with Crippen molar-refractivity contribution in [2.45, 2.75) is 48.6 Å². The Hall–Kier alpha value is -2.85. The van der Waals surface area contributed by atoms with Crippen LogP contribution in [0.4, 0.5) is 14.6 Å². The van der Waals surface area contributed by atoms with E-state index in [1.165, 1.54) is 23.9 Å². The van der Waals surface area contributed by atoms with Gasteiger partial charge in [-0.1, -0.05) is 6.07 Å². The van der Waals surface area contributed by atoms with Crippen LogP contribution in [0.3, 0.4) is 0 Å². The Morgan fingerprint density at radius 1 is 1.15 bits per heavy atom. The first-order valence-corrected chi connectivity index (χ1v) is 12.0. The van der Waals surface area contributed by atoms with Crippen molar-refractivity contribution in [1.82, 2.24) is 25.5 Å². The molecule has 0 radical (unpaired) electrons. The van der Waals surface area contributed by atoms with E-state index >= 15 is 0 Å². The Bertz CT molecular complexity index is 1160.